The third kappa shape index (κ3) is 3.54. The molecule has 1 rings (SSSR count). The minimum atomic E-state index is -3.97. The SMILES string of the molecule is C#CCC(CC)NS(=O)(=O)c1cccc(F)c1C#N. The third-order valence-electron chi connectivity index (χ3n) is 2.56. The van der Waals surface area contributed by atoms with Crippen molar-refractivity contribution < 1.29 is 12.8 Å². The summed E-state index contributed by atoms with van der Waals surface area (Å²) in [5.41, 5.74) is -0.495. The predicted octanol–water partition coefficient (Wildman–Crippen LogP) is 1.78. The summed E-state index contributed by atoms with van der Waals surface area (Å²) in [6.45, 7) is 1.78. The van der Waals surface area contributed by atoms with Crippen LogP contribution in [0, 0.1) is 29.5 Å². The lowest BCUT2D eigenvalue weighted by atomic mass is 10.2. The van der Waals surface area contributed by atoms with Crippen LogP contribution < -0.4 is 4.72 Å². The molecule has 0 amide bonds. The zero-order valence-electron chi connectivity index (χ0n) is 10.4. The zero-order valence-corrected chi connectivity index (χ0v) is 11.2. The van der Waals surface area contributed by atoms with E-state index in [1.807, 2.05) is 0 Å². The molecule has 19 heavy (non-hydrogen) atoms. The minimum Gasteiger partial charge on any atom is -0.207 e. The van der Waals surface area contributed by atoms with Crippen molar-refractivity contribution in [3.8, 4) is 18.4 Å². The molecule has 0 aliphatic rings. The van der Waals surface area contributed by atoms with E-state index < -0.39 is 27.4 Å². The van der Waals surface area contributed by atoms with Gasteiger partial charge in [0.1, 0.15) is 22.3 Å². The van der Waals surface area contributed by atoms with Crippen molar-refractivity contribution in [3.63, 3.8) is 0 Å². The molecule has 0 aliphatic carbocycles. The highest BCUT2D eigenvalue weighted by Crippen LogP contribution is 2.18. The van der Waals surface area contributed by atoms with Crippen molar-refractivity contribution in [2.24, 2.45) is 0 Å². The van der Waals surface area contributed by atoms with Crippen molar-refractivity contribution in [1.29, 1.82) is 5.26 Å². The van der Waals surface area contributed by atoms with Crippen LogP contribution in [-0.2, 0) is 10.0 Å². The number of benzene rings is 1. The molecule has 4 nitrogen and oxygen atoms in total. The first-order valence-corrected chi connectivity index (χ1v) is 7.09. The van der Waals surface area contributed by atoms with Gasteiger partial charge in [0.15, 0.2) is 0 Å². The van der Waals surface area contributed by atoms with Gasteiger partial charge in [0.2, 0.25) is 10.0 Å². The largest absolute Gasteiger partial charge is 0.242 e. The minimum absolute atomic E-state index is 0.229. The van der Waals surface area contributed by atoms with Crippen LogP contribution in [0.1, 0.15) is 25.3 Å². The molecule has 0 saturated carbocycles. The Bertz CT molecular complexity index is 642. The molecule has 1 atom stereocenters. The monoisotopic (exact) mass is 280 g/mol. The van der Waals surface area contributed by atoms with Crippen molar-refractivity contribution >= 4 is 10.0 Å². The summed E-state index contributed by atoms with van der Waals surface area (Å²) >= 11 is 0. The van der Waals surface area contributed by atoms with E-state index >= 15 is 0 Å². The molecule has 0 spiro atoms. The molecule has 1 aromatic carbocycles. The first-order chi connectivity index (χ1) is 8.96. The summed E-state index contributed by atoms with van der Waals surface area (Å²) in [5.74, 6) is 1.50. The Balaban J connectivity index is 3.19. The lowest BCUT2D eigenvalue weighted by Crippen LogP contribution is -2.34. The van der Waals surface area contributed by atoms with Crippen LogP contribution in [0.2, 0.25) is 0 Å². The van der Waals surface area contributed by atoms with E-state index in [2.05, 4.69) is 10.6 Å². The maximum Gasteiger partial charge on any atom is 0.242 e. The Morgan fingerprint density at radius 3 is 2.74 bits per heavy atom. The maximum atomic E-state index is 13.4. The standard InChI is InChI=1S/C13H13FN2O2S/c1-3-6-10(4-2)16-19(17,18)13-8-5-7-12(14)11(13)9-15/h1,5,7-8,10,16H,4,6H2,2H3. The molecule has 6 heteroatoms. The summed E-state index contributed by atoms with van der Waals surface area (Å²) in [6, 6.07) is 4.59. The number of nitrogens with zero attached hydrogens (tertiary/aromatic N) is 1. The van der Waals surface area contributed by atoms with Gasteiger partial charge >= 0.3 is 0 Å². The fourth-order valence-electron chi connectivity index (χ4n) is 1.53. The van der Waals surface area contributed by atoms with E-state index in [1.54, 1.807) is 13.0 Å². The van der Waals surface area contributed by atoms with Crippen LogP contribution in [0.25, 0.3) is 0 Å². The summed E-state index contributed by atoms with van der Waals surface area (Å²) in [7, 11) is -3.97. The van der Waals surface area contributed by atoms with Crippen LogP contribution in [0.3, 0.4) is 0 Å². The highest BCUT2D eigenvalue weighted by molar-refractivity contribution is 7.89. The van der Waals surface area contributed by atoms with Gasteiger partial charge in [0.05, 0.1) is 0 Å². The summed E-state index contributed by atoms with van der Waals surface area (Å²) in [5, 5.41) is 8.84. The fraction of sp³-hybridized carbons (Fsp3) is 0.308. The molecule has 1 unspecified atom stereocenters. The molecular weight excluding hydrogens is 267 g/mol. The van der Waals surface area contributed by atoms with Crippen LogP contribution in [-0.4, -0.2) is 14.5 Å². The molecule has 0 bridgehead atoms. The van der Waals surface area contributed by atoms with E-state index in [9.17, 15) is 12.8 Å². The Morgan fingerprint density at radius 1 is 1.53 bits per heavy atom. The van der Waals surface area contributed by atoms with Gasteiger partial charge in [-0.2, -0.15) is 5.26 Å². The third-order valence-corrected chi connectivity index (χ3v) is 4.12. The number of hydrogen-bond acceptors (Lipinski definition) is 3. The molecule has 0 aromatic heterocycles. The number of sulfonamides is 1. The van der Waals surface area contributed by atoms with Gasteiger partial charge < -0.3 is 0 Å². The van der Waals surface area contributed by atoms with E-state index in [4.69, 9.17) is 11.7 Å². The molecule has 0 aliphatic heterocycles. The van der Waals surface area contributed by atoms with Gasteiger partial charge in [-0.15, -0.1) is 12.3 Å². The number of hydrogen-bond donors (Lipinski definition) is 1. The molecule has 1 N–H and O–H groups in total. The number of nitriles is 1. The molecule has 0 radical (unpaired) electrons. The Morgan fingerprint density at radius 2 is 2.21 bits per heavy atom. The second-order valence-electron chi connectivity index (χ2n) is 3.86. The molecule has 100 valence electrons. The number of halogens is 1. The van der Waals surface area contributed by atoms with E-state index in [-0.39, 0.29) is 11.3 Å². The van der Waals surface area contributed by atoms with Gasteiger partial charge in [-0.1, -0.05) is 13.0 Å². The lowest BCUT2D eigenvalue weighted by molar-refractivity contribution is 0.541. The topological polar surface area (TPSA) is 70.0 Å². The van der Waals surface area contributed by atoms with E-state index in [0.29, 0.717) is 6.42 Å². The van der Waals surface area contributed by atoms with Crippen LogP contribution in [0.4, 0.5) is 4.39 Å². The Kier molecular flexibility index (Phi) is 5.05. The van der Waals surface area contributed by atoms with Crippen molar-refractivity contribution in [2.75, 3.05) is 0 Å². The smallest absolute Gasteiger partial charge is 0.207 e. The average molecular weight is 280 g/mol. The van der Waals surface area contributed by atoms with Crippen LogP contribution in [0.15, 0.2) is 23.1 Å². The van der Waals surface area contributed by atoms with Gasteiger partial charge in [-0.05, 0) is 18.6 Å². The second kappa shape index (κ2) is 6.33. The number of terminal acetylenes is 1. The predicted molar refractivity (Wildman–Crippen MR) is 69.0 cm³/mol. The van der Waals surface area contributed by atoms with E-state index in [0.717, 1.165) is 6.07 Å². The fourth-order valence-corrected chi connectivity index (χ4v) is 3.02. The molecule has 0 saturated heterocycles. The van der Waals surface area contributed by atoms with E-state index in [1.165, 1.54) is 12.1 Å². The first-order valence-electron chi connectivity index (χ1n) is 5.60. The summed E-state index contributed by atoms with van der Waals surface area (Å²) in [4.78, 5) is -0.370. The maximum absolute atomic E-state index is 13.4. The van der Waals surface area contributed by atoms with Crippen LogP contribution >= 0.6 is 0 Å². The van der Waals surface area contributed by atoms with Gasteiger partial charge in [-0.3, -0.25) is 0 Å². The van der Waals surface area contributed by atoms with Crippen molar-refractivity contribution in [3.05, 3.63) is 29.6 Å². The highest BCUT2D eigenvalue weighted by Gasteiger charge is 2.23. The average Bonchev–Trinajstić information content (AvgIpc) is 2.37. The number of rotatable bonds is 5. The van der Waals surface area contributed by atoms with Gasteiger partial charge in [0.25, 0.3) is 0 Å². The Labute approximate surface area is 112 Å². The first kappa shape index (κ1) is 15.2. The quantitative estimate of drug-likeness (QED) is 0.836. The van der Waals surface area contributed by atoms with Crippen molar-refractivity contribution in [1.82, 2.24) is 4.72 Å². The molecular formula is C13H13FN2O2S. The van der Waals surface area contributed by atoms with Crippen molar-refractivity contribution in [2.45, 2.75) is 30.7 Å². The summed E-state index contributed by atoms with van der Waals surface area (Å²) < 4.78 is 40.0. The summed E-state index contributed by atoms with van der Waals surface area (Å²) in [6.07, 6.45) is 5.88. The highest BCUT2D eigenvalue weighted by atomic mass is 32.2. The van der Waals surface area contributed by atoms with Gasteiger partial charge in [0, 0.05) is 12.5 Å². The molecule has 1 aromatic rings. The normalized spacial score (nSPS) is 12.4. The van der Waals surface area contributed by atoms with Gasteiger partial charge in [-0.25, -0.2) is 17.5 Å². The molecule has 0 fully saturated rings. The lowest BCUT2D eigenvalue weighted by Gasteiger charge is -2.15. The molecule has 0 heterocycles. The van der Waals surface area contributed by atoms with Crippen LogP contribution in [0.5, 0.6) is 0 Å². The Hall–Kier alpha value is -1.89. The number of nitrogens with one attached hydrogen (secondary N) is 1. The second-order valence-corrected chi connectivity index (χ2v) is 5.54. The zero-order chi connectivity index (χ0) is 14.5.